The molecule has 0 amide bonds. The average molecular weight is 1510 g/mol. The predicted molar refractivity (Wildman–Crippen MR) is 501 cm³/mol. The molecule has 546 valence electrons. The summed E-state index contributed by atoms with van der Waals surface area (Å²) in [6, 6.07) is 91.2. The minimum absolute atomic E-state index is 0.142. The van der Waals surface area contributed by atoms with Gasteiger partial charge in [-0.15, -0.1) is 0 Å². The molecule has 0 fully saturated rings. The van der Waals surface area contributed by atoms with Gasteiger partial charge in [0.25, 0.3) is 0 Å². The van der Waals surface area contributed by atoms with E-state index in [4.69, 9.17) is 29.1 Å². The molecule has 1 nitrogen and oxygen atoms in total. The summed E-state index contributed by atoms with van der Waals surface area (Å²) in [5, 5.41) is 7.31. The Morgan fingerprint density at radius 1 is 0.154 bits per heavy atom. The first-order chi connectivity index (χ1) is 68.1. The van der Waals surface area contributed by atoms with E-state index >= 15 is 0 Å². The lowest BCUT2D eigenvalue weighted by Gasteiger charge is -2.19. The van der Waals surface area contributed by atoms with E-state index in [-0.39, 0.29) is 143 Å². The second kappa shape index (κ2) is 30.3. The van der Waals surface area contributed by atoms with Gasteiger partial charge >= 0.3 is 0 Å². The van der Waals surface area contributed by atoms with Crippen molar-refractivity contribution in [2.24, 2.45) is 0 Å². The van der Waals surface area contributed by atoms with E-state index < -0.39 is 72.5 Å². The lowest BCUT2D eigenvalue weighted by molar-refractivity contribution is 0.670. The molecule has 0 saturated heterocycles. The molecule has 0 bridgehead atoms. The van der Waals surface area contributed by atoms with E-state index in [9.17, 15) is 8.22 Å². The Balaban J connectivity index is 0.000000126. The highest BCUT2D eigenvalue weighted by molar-refractivity contribution is 6.27. The summed E-state index contributed by atoms with van der Waals surface area (Å²) in [7, 11) is 0. The average Bonchev–Trinajstić information content (AvgIpc) is 1.07. The topological polar surface area (TPSA) is 13.1 Å². The van der Waals surface area contributed by atoms with Crippen LogP contribution in [-0.4, -0.2) is 0 Å². The standard InChI is InChI=1S/C44H28O.2C36H24/c1-3-14-29(15-4-1)31-26-32(30-16-5-2-6-17-30)28-33(27-31)42-35-19-7-9-21-37(35)43(38-22-10-8-20-36(38)42)40-24-13-23-39-34-18-11-12-25-41(34)45-44(39)40;1-2-12-25(13-3-1)27-16-10-17-28(24-27)35-31-19-6-8-21-33(31)36(34-22-9-7-20-32(34)35)30-23-11-15-26-14-4-5-18-29(26)30;1-2-11-25(12-3-1)26-21-23-28(24-22-26)35-31-16-6-8-18-33(31)36(34-19-9-7-17-32(34)35)30-20-10-14-27-13-4-5-15-29(27)30/h1-28H;2*1-24H/i7D,8D,9D,10D,19D,20D,21D,22D;6D,7D,8D,9D,19D,20D,21D,22D;6D,7D,8D,9D,16D,17D,18D,19D. The first-order valence-electron chi connectivity index (χ1n) is 50.4. The highest BCUT2D eigenvalue weighted by Crippen LogP contribution is 2.51. The Kier molecular flexibility index (Phi) is 12.6. The van der Waals surface area contributed by atoms with Gasteiger partial charge in [0, 0.05) is 21.9 Å². The SMILES string of the molecule is [2H]c1c([2H])c([2H])c2c(-c3cccc4c3oc3ccccc34)c3c([2H])c([2H])c([2H])c([2H])c3c(-c3cc(-c4ccccc4)cc(-c4ccccc4)c3)c2c1[2H].[2H]c1c([2H])c([2H])c2c(-c3cccc4ccccc34)c3c([2H])c([2H])c([2H])c([2H])c3c(-c3ccc(-c4ccccc4)cc3)c2c1[2H].[2H]c1c([2H])c([2H])c2c(-c3cccc4ccccc34)c3c([2H])c([2H])c([2H])c([2H])c3c(-c3cccc(-c4ccccc4)c3)c2c1[2H]. The number of para-hydroxylation sites is 2. The molecule has 117 heavy (non-hydrogen) atoms. The largest absolute Gasteiger partial charge is 0.455 e. The van der Waals surface area contributed by atoms with Crippen LogP contribution in [0.4, 0.5) is 0 Å². The molecular weight excluding hydrogens is 1410 g/mol. The molecule has 22 aromatic carbocycles. The number of furan rings is 1. The predicted octanol–water partition coefficient (Wildman–Crippen LogP) is 32.9. The Morgan fingerprint density at radius 3 is 0.846 bits per heavy atom. The zero-order valence-corrected chi connectivity index (χ0v) is 62.4. The van der Waals surface area contributed by atoms with Crippen LogP contribution in [0.5, 0.6) is 0 Å². The summed E-state index contributed by atoms with van der Waals surface area (Å²) < 4.78 is 222. The second-order valence-electron chi connectivity index (χ2n) is 28.5. The zero-order valence-electron chi connectivity index (χ0n) is 86.4. The van der Waals surface area contributed by atoms with E-state index in [2.05, 4.69) is 6.07 Å². The fraction of sp³-hybridized carbons (Fsp3) is 0. The van der Waals surface area contributed by atoms with Gasteiger partial charge < -0.3 is 4.42 Å². The molecule has 0 N–H and O–H groups in total. The molecule has 1 heterocycles. The molecule has 0 radical (unpaired) electrons. The van der Waals surface area contributed by atoms with Gasteiger partial charge in [-0.05, 0) is 217 Å². The quantitative estimate of drug-likeness (QED) is 0.124. The normalized spacial score (nSPS) is 14.3. The van der Waals surface area contributed by atoms with Crippen molar-refractivity contribution in [3.05, 3.63) is 460 Å². The number of hydrogen-bond acceptors (Lipinski definition) is 1. The van der Waals surface area contributed by atoms with Crippen LogP contribution in [0, 0.1) is 0 Å². The monoisotopic (exact) mass is 1510 g/mol. The van der Waals surface area contributed by atoms with Gasteiger partial charge in [-0.2, -0.15) is 0 Å². The molecule has 1 heteroatoms. The van der Waals surface area contributed by atoms with Crippen LogP contribution in [0.2, 0.25) is 0 Å². The van der Waals surface area contributed by atoms with Crippen molar-refractivity contribution in [3.8, 4) is 111 Å². The van der Waals surface area contributed by atoms with Crippen LogP contribution in [-0.2, 0) is 0 Å². The van der Waals surface area contributed by atoms with Crippen LogP contribution in [0.3, 0.4) is 0 Å². The van der Waals surface area contributed by atoms with Gasteiger partial charge in [-0.1, -0.05) is 430 Å². The third kappa shape index (κ3) is 12.7. The summed E-state index contributed by atoms with van der Waals surface area (Å²) >= 11 is 0. The van der Waals surface area contributed by atoms with Crippen molar-refractivity contribution in [1.29, 1.82) is 0 Å². The van der Waals surface area contributed by atoms with E-state index in [0.717, 1.165) is 76.8 Å². The van der Waals surface area contributed by atoms with Gasteiger partial charge in [0.15, 0.2) is 0 Å². The maximum Gasteiger partial charge on any atom is 0.143 e. The van der Waals surface area contributed by atoms with Crippen LogP contribution < -0.4 is 0 Å². The molecule has 0 atom stereocenters. The number of fused-ring (bicyclic) bond motifs is 11. The maximum absolute atomic E-state index is 9.45. The van der Waals surface area contributed by atoms with Gasteiger partial charge in [0.2, 0.25) is 0 Å². The van der Waals surface area contributed by atoms with Crippen molar-refractivity contribution in [2.75, 3.05) is 0 Å². The van der Waals surface area contributed by atoms with Crippen molar-refractivity contribution >= 4 is 108 Å². The fourth-order valence-corrected chi connectivity index (χ4v) is 16.7. The molecule has 1 aromatic heterocycles. The van der Waals surface area contributed by atoms with Crippen LogP contribution in [0.25, 0.3) is 219 Å². The molecule has 0 spiro atoms. The molecule has 0 saturated carbocycles. The minimum Gasteiger partial charge on any atom is -0.455 e. The summed E-state index contributed by atoms with van der Waals surface area (Å²) in [5.74, 6) is 0. The van der Waals surface area contributed by atoms with E-state index in [1.807, 2.05) is 303 Å². The minimum atomic E-state index is -0.449. The van der Waals surface area contributed by atoms with Crippen LogP contribution in [0.15, 0.2) is 465 Å². The first-order valence-corrected chi connectivity index (χ1v) is 38.4. The second-order valence-corrected chi connectivity index (χ2v) is 28.5. The van der Waals surface area contributed by atoms with E-state index in [1.165, 1.54) is 0 Å². The summed E-state index contributed by atoms with van der Waals surface area (Å²) in [5.41, 5.74) is 13.7. The first kappa shape index (κ1) is 48.6. The highest BCUT2D eigenvalue weighted by atomic mass is 16.3. The summed E-state index contributed by atoms with van der Waals surface area (Å²) in [4.78, 5) is 0. The zero-order chi connectivity index (χ0) is 98.4. The lowest BCUT2D eigenvalue weighted by atomic mass is 9.84. The van der Waals surface area contributed by atoms with Crippen molar-refractivity contribution in [1.82, 2.24) is 0 Å². The Labute approximate surface area is 713 Å². The maximum atomic E-state index is 9.45. The molecule has 0 aliphatic rings. The summed E-state index contributed by atoms with van der Waals surface area (Å²) in [6.07, 6.45) is 0. The van der Waals surface area contributed by atoms with Crippen LogP contribution >= 0.6 is 0 Å². The van der Waals surface area contributed by atoms with Crippen molar-refractivity contribution in [2.45, 2.75) is 0 Å². The number of rotatable bonds is 10. The van der Waals surface area contributed by atoms with Crippen molar-refractivity contribution < 1.29 is 37.3 Å². The lowest BCUT2D eigenvalue weighted by Crippen LogP contribution is -1.92. The molecule has 0 aliphatic heterocycles. The van der Waals surface area contributed by atoms with Crippen LogP contribution in [0.1, 0.15) is 32.9 Å². The van der Waals surface area contributed by atoms with Crippen molar-refractivity contribution in [3.63, 3.8) is 0 Å². The highest BCUT2D eigenvalue weighted by Gasteiger charge is 2.24. The van der Waals surface area contributed by atoms with Gasteiger partial charge in [0.1, 0.15) is 11.2 Å². The van der Waals surface area contributed by atoms with Gasteiger partial charge in [0.05, 0.1) is 32.9 Å². The van der Waals surface area contributed by atoms with E-state index in [1.54, 1.807) is 6.07 Å². The fourth-order valence-electron chi connectivity index (χ4n) is 16.7. The van der Waals surface area contributed by atoms with Gasteiger partial charge in [-0.25, -0.2) is 0 Å². The van der Waals surface area contributed by atoms with E-state index in [0.29, 0.717) is 72.4 Å². The third-order valence-corrected chi connectivity index (χ3v) is 21.9. The smallest absolute Gasteiger partial charge is 0.143 e. The third-order valence-electron chi connectivity index (χ3n) is 21.9. The molecule has 23 rings (SSSR count). The Bertz CT molecular complexity index is 8950. The molecule has 0 unspecified atom stereocenters. The Morgan fingerprint density at radius 2 is 0.410 bits per heavy atom. The number of hydrogen-bond donors (Lipinski definition) is 0. The summed E-state index contributed by atoms with van der Waals surface area (Å²) in [6.45, 7) is 0. The number of benzene rings is 22. The van der Waals surface area contributed by atoms with Gasteiger partial charge in [-0.3, -0.25) is 0 Å². The molecule has 23 aromatic rings. The molecule has 0 aliphatic carbocycles. The molecular formula is C116H76O. The Hall–Kier alpha value is -15.3.